The van der Waals surface area contributed by atoms with Crippen molar-refractivity contribution in [1.29, 1.82) is 0 Å². The highest BCUT2D eigenvalue weighted by Crippen LogP contribution is 2.26. The first kappa shape index (κ1) is 24.4. The van der Waals surface area contributed by atoms with Crippen LogP contribution in [0.3, 0.4) is 0 Å². The molecular weight excluding hydrogens is 505 g/mol. The Bertz CT molecular complexity index is 1260. The van der Waals surface area contributed by atoms with Crippen LogP contribution in [-0.4, -0.2) is 25.2 Å². The highest BCUT2D eigenvalue weighted by molar-refractivity contribution is 7.89. The van der Waals surface area contributed by atoms with E-state index in [4.69, 9.17) is 34.8 Å². The van der Waals surface area contributed by atoms with E-state index < -0.39 is 34.1 Å². The van der Waals surface area contributed by atoms with Crippen molar-refractivity contribution in [3.8, 4) is 0 Å². The van der Waals surface area contributed by atoms with Crippen LogP contribution < -0.4 is 5.32 Å². The van der Waals surface area contributed by atoms with Crippen molar-refractivity contribution in [1.82, 2.24) is 4.31 Å². The van der Waals surface area contributed by atoms with Crippen molar-refractivity contribution in [3.63, 3.8) is 0 Å². The summed E-state index contributed by atoms with van der Waals surface area (Å²) < 4.78 is 53.9. The largest absolute Gasteiger partial charge is 0.325 e. The molecule has 1 amide bonds. The molecule has 0 heterocycles. The molecule has 0 aliphatic rings. The van der Waals surface area contributed by atoms with Gasteiger partial charge in [-0.3, -0.25) is 4.79 Å². The van der Waals surface area contributed by atoms with E-state index in [0.717, 1.165) is 22.5 Å². The Morgan fingerprint density at radius 3 is 2.19 bits per heavy atom. The Hall–Kier alpha value is -2.23. The van der Waals surface area contributed by atoms with Gasteiger partial charge >= 0.3 is 0 Å². The van der Waals surface area contributed by atoms with Gasteiger partial charge in [-0.2, -0.15) is 4.31 Å². The highest BCUT2D eigenvalue weighted by atomic mass is 35.5. The normalized spacial score (nSPS) is 11.6. The lowest BCUT2D eigenvalue weighted by Crippen LogP contribution is -2.37. The molecule has 32 heavy (non-hydrogen) atoms. The first-order valence-electron chi connectivity index (χ1n) is 9.01. The Labute approximate surface area is 198 Å². The van der Waals surface area contributed by atoms with E-state index in [1.165, 1.54) is 36.4 Å². The number of nitrogens with one attached hydrogen (secondary N) is 1. The maximum Gasteiger partial charge on any atom is 0.243 e. The molecule has 0 unspecified atom stereocenters. The number of hydrogen-bond donors (Lipinski definition) is 1. The van der Waals surface area contributed by atoms with Gasteiger partial charge in [0.2, 0.25) is 15.9 Å². The highest BCUT2D eigenvalue weighted by Gasteiger charge is 2.27. The molecule has 3 rings (SSSR count). The third kappa shape index (κ3) is 5.96. The topological polar surface area (TPSA) is 66.5 Å². The SMILES string of the molecule is O=C(CN(Cc1ccc(Cl)c(Cl)c1)S(=O)(=O)c1ccc(Cl)cc1)Nc1ccc(F)c(F)c1. The second kappa shape index (κ2) is 10.1. The Morgan fingerprint density at radius 2 is 1.56 bits per heavy atom. The Morgan fingerprint density at radius 1 is 0.875 bits per heavy atom. The zero-order valence-electron chi connectivity index (χ0n) is 16.2. The number of benzene rings is 3. The quantitative estimate of drug-likeness (QED) is 0.432. The summed E-state index contributed by atoms with van der Waals surface area (Å²) in [4.78, 5) is 12.5. The fourth-order valence-corrected chi connectivity index (χ4v) is 4.59. The number of hydrogen-bond acceptors (Lipinski definition) is 3. The van der Waals surface area contributed by atoms with E-state index in [9.17, 15) is 22.0 Å². The molecule has 0 bridgehead atoms. The van der Waals surface area contributed by atoms with Crippen LogP contribution in [0, 0.1) is 11.6 Å². The molecule has 3 aromatic carbocycles. The molecule has 11 heteroatoms. The van der Waals surface area contributed by atoms with Crippen LogP contribution in [0.5, 0.6) is 0 Å². The Kier molecular flexibility index (Phi) is 7.74. The summed E-state index contributed by atoms with van der Waals surface area (Å²) in [6.45, 7) is -0.808. The van der Waals surface area contributed by atoms with Crippen molar-refractivity contribution in [2.75, 3.05) is 11.9 Å². The lowest BCUT2D eigenvalue weighted by Gasteiger charge is -2.22. The van der Waals surface area contributed by atoms with E-state index in [0.29, 0.717) is 15.6 Å². The lowest BCUT2D eigenvalue weighted by atomic mass is 10.2. The zero-order chi connectivity index (χ0) is 23.5. The predicted octanol–water partition coefficient (Wildman–Crippen LogP) is 5.75. The zero-order valence-corrected chi connectivity index (χ0v) is 19.2. The molecule has 0 spiro atoms. The molecule has 0 fully saturated rings. The molecule has 0 radical (unpaired) electrons. The number of rotatable bonds is 7. The molecule has 5 nitrogen and oxygen atoms in total. The van der Waals surface area contributed by atoms with Crippen molar-refractivity contribution in [3.05, 3.63) is 92.9 Å². The van der Waals surface area contributed by atoms with Gasteiger partial charge in [-0.25, -0.2) is 17.2 Å². The number of amides is 1. The molecule has 0 aliphatic heterocycles. The average molecular weight is 520 g/mol. The minimum atomic E-state index is -4.14. The first-order valence-corrected chi connectivity index (χ1v) is 11.6. The molecule has 0 saturated carbocycles. The fourth-order valence-electron chi connectivity index (χ4n) is 2.76. The molecule has 1 N–H and O–H groups in total. The third-order valence-electron chi connectivity index (χ3n) is 4.32. The van der Waals surface area contributed by atoms with Gasteiger partial charge < -0.3 is 5.32 Å². The van der Waals surface area contributed by atoms with Gasteiger partial charge in [0.05, 0.1) is 21.5 Å². The summed E-state index contributed by atoms with van der Waals surface area (Å²) in [6.07, 6.45) is 0. The van der Waals surface area contributed by atoms with Gasteiger partial charge in [0.25, 0.3) is 0 Å². The second-order valence-electron chi connectivity index (χ2n) is 6.65. The van der Waals surface area contributed by atoms with Gasteiger partial charge in [0, 0.05) is 23.3 Å². The summed E-state index contributed by atoms with van der Waals surface area (Å²) in [5.74, 6) is -2.98. The van der Waals surface area contributed by atoms with Crippen LogP contribution in [0.25, 0.3) is 0 Å². The van der Waals surface area contributed by atoms with Gasteiger partial charge in [-0.1, -0.05) is 40.9 Å². The number of sulfonamides is 1. The molecule has 0 aliphatic carbocycles. The minimum absolute atomic E-state index is 0.0210. The van der Waals surface area contributed by atoms with Gasteiger partial charge in [-0.05, 0) is 54.1 Å². The summed E-state index contributed by atoms with van der Waals surface area (Å²) >= 11 is 17.8. The maximum absolute atomic E-state index is 13.4. The number of nitrogens with zero attached hydrogens (tertiary/aromatic N) is 1. The number of carbonyl (C=O) groups excluding carboxylic acids is 1. The average Bonchev–Trinajstić information content (AvgIpc) is 2.73. The van der Waals surface area contributed by atoms with Crippen LogP contribution in [0.1, 0.15) is 5.56 Å². The minimum Gasteiger partial charge on any atom is -0.325 e. The molecular formula is C21H15Cl3F2N2O3S. The van der Waals surface area contributed by atoms with E-state index in [1.807, 2.05) is 0 Å². The monoisotopic (exact) mass is 518 g/mol. The smallest absolute Gasteiger partial charge is 0.243 e. The standard InChI is InChI=1S/C21H15Cl3F2N2O3S/c22-14-2-5-16(6-3-14)32(30,31)28(11-13-1-7-17(23)18(24)9-13)12-21(29)27-15-4-8-19(25)20(26)10-15/h1-10H,11-12H2,(H,27,29). The van der Waals surface area contributed by atoms with E-state index in [2.05, 4.69) is 5.32 Å². The maximum atomic E-state index is 13.4. The van der Waals surface area contributed by atoms with E-state index >= 15 is 0 Å². The molecule has 168 valence electrons. The van der Waals surface area contributed by atoms with Gasteiger partial charge in [-0.15, -0.1) is 0 Å². The Balaban J connectivity index is 1.89. The van der Waals surface area contributed by atoms with E-state index in [1.54, 1.807) is 6.07 Å². The van der Waals surface area contributed by atoms with Crippen molar-refractivity contribution in [2.45, 2.75) is 11.4 Å². The summed E-state index contributed by atoms with van der Waals surface area (Å²) in [5, 5.41) is 3.21. The number of halogens is 5. The van der Waals surface area contributed by atoms with Crippen LogP contribution in [-0.2, 0) is 21.4 Å². The molecule has 0 atom stereocenters. The fraction of sp³-hybridized carbons (Fsp3) is 0.0952. The molecule has 3 aromatic rings. The summed E-state index contributed by atoms with van der Waals surface area (Å²) in [6, 6.07) is 12.8. The lowest BCUT2D eigenvalue weighted by molar-refractivity contribution is -0.116. The van der Waals surface area contributed by atoms with Crippen molar-refractivity contribution < 1.29 is 22.0 Å². The first-order chi connectivity index (χ1) is 15.1. The van der Waals surface area contributed by atoms with Crippen molar-refractivity contribution >= 4 is 56.4 Å². The van der Waals surface area contributed by atoms with Crippen LogP contribution in [0.4, 0.5) is 14.5 Å². The second-order valence-corrected chi connectivity index (χ2v) is 9.84. The van der Waals surface area contributed by atoms with Gasteiger partial charge in [0.1, 0.15) is 0 Å². The van der Waals surface area contributed by atoms with E-state index in [-0.39, 0.29) is 22.2 Å². The predicted molar refractivity (Wildman–Crippen MR) is 120 cm³/mol. The van der Waals surface area contributed by atoms with Crippen LogP contribution in [0.2, 0.25) is 15.1 Å². The summed E-state index contributed by atoms with van der Waals surface area (Å²) in [7, 11) is -4.14. The number of carbonyl (C=O) groups is 1. The van der Waals surface area contributed by atoms with Gasteiger partial charge in [0.15, 0.2) is 11.6 Å². The van der Waals surface area contributed by atoms with Crippen molar-refractivity contribution in [2.24, 2.45) is 0 Å². The van der Waals surface area contributed by atoms with Crippen LogP contribution in [0.15, 0.2) is 65.6 Å². The number of anilines is 1. The van der Waals surface area contributed by atoms with Crippen LogP contribution >= 0.6 is 34.8 Å². The molecule has 0 saturated heterocycles. The summed E-state index contributed by atoms with van der Waals surface area (Å²) in [5.41, 5.74) is 0.463. The molecule has 0 aromatic heterocycles. The third-order valence-corrected chi connectivity index (χ3v) is 7.11.